The highest BCUT2D eigenvalue weighted by molar-refractivity contribution is 7.14. The summed E-state index contributed by atoms with van der Waals surface area (Å²) in [5.74, 6) is -1.20. The first kappa shape index (κ1) is 17.2. The van der Waals surface area contributed by atoms with Crippen LogP contribution in [0.15, 0.2) is 6.07 Å². The molecule has 0 atom stereocenters. The van der Waals surface area contributed by atoms with Gasteiger partial charge in [-0.3, -0.25) is 10.1 Å². The summed E-state index contributed by atoms with van der Waals surface area (Å²) in [6.45, 7) is 5.69. The molecule has 0 aliphatic heterocycles. The van der Waals surface area contributed by atoms with Crippen LogP contribution < -0.4 is 10.6 Å². The zero-order valence-electron chi connectivity index (χ0n) is 12.4. The minimum atomic E-state index is -0.656. The molecule has 0 spiro atoms. The Bertz CT molecular complexity index is 525. The Balaban J connectivity index is 2.48. The number of nitrogens with one attached hydrogen (secondary N) is 2. The standard InChI is InChI=1S/C14H20N2O4S/c1-4-6-10-7-11(21-9(10)3)13(18)20-8-12(17)16-14(19)15-5-2/h7H,4-6,8H2,1-3H3,(H2,15,16,17,19). The summed E-state index contributed by atoms with van der Waals surface area (Å²) in [6.07, 6.45) is 1.91. The highest BCUT2D eigenvalue weighted by atomic mass is 32.1. The predicted molar refractivity (Wildman–Crippen MR) is 80.5 cm³/mol. The molecule has 0 aromatic carbocycles. The predicted octanol–water partition coefficient (Wildman–Crippen LogP) is 2.01. The van der Waals surface area contributed by atoms with Crippen molar-refractivity contribution in [1.82, 2.24) is 10.6 Å². The second-order valence-corrected chi connectivity index (χ2v) is 5.68. The maximum Gasteiger partial charge on any atom is 0.348 e. The molecule has 1 rings (SSSR count). The summed E-state index contributed by atoms with van der Waals surface area (Å²) in [5, 5.41) is 4.47. The van der Waals surface area contributed by atoms with Crippen molar-refractivity contribution in [2.24, 2.45) is 0 Å². The molecule has 7 heteroatoms. The number of thiophene rings is 1. The summed E-state index contributed by atoms with van der Waals surface area (Å²) in [4.78, 5) is 35.9. The van der Waals surface area contributed by atoms with Crippen molar-refractivity contribution in [3.63, 3.8) is 0 Å². The van der Waals surface area contributed by atoms with Crippen molar-refractivity contribution in [3.8, 4) is 0 Å². The molecule has 1 aromatic rings. The van der Waals surface area contributed by atoms with Crippen molar-refractivity contribution in [1.29, 1.82) is 0 Å². The minimum absolute atomic E-state index is 0.410. The molecule has 0 aliphatic carbocycles. The molecule has 21 heavy (non-hydrogen) atoms. The number of hydrogen-bond acceptors (Lipinski definition) is 5. The smallest absolute Gasteiger partial charge is 0.348 e. The monoisotopic (exact) mass is 312 g/mol. The Kier molecular flexibility index (Phi) is 6.87. The van der Waals surface area contributed by atoms with Crippen molar-refractivity contribution in [2.75, 3.05) is 13.2 Å². The number of ether oxygens (including phenoxy) is 1. The molecule has 6 nitrogen and oxygen atoms in total. The number of esters is 1. The first-order valence-electron chi connectivity index (χ1n) is 6.82. The third kappa shape index (κ3) is 5.55. The average molecular weight is 312 g/mol. The summed E-state index contributed by atoms with van der Waals surface area (Å²) < 4.78 is 4.89. The van der Waals surface area contributed by atoms with E-state index in [0.717, 1.165) is 23.3 Å². The molecule has 0 saturated heterocycles. The van der Waals surface area contributed by atoms with E-state index in [0.29, 0.717) is 11.4 Å². The van der Waals surface area contributed by atoms with Crippen molar-refractivity contribution in [3.05, 3.63) is 21.4 Å². The van der Waals surface area contributed by atoms with Gasteiger partial charge in [-0.25, -0.2) is 9.59 Å². The maximum atomic E-state index is 11.8. The third-order valence-corrected chi connectivity index (χ3v) is 3.74. The first-order chi connectivity index (χ1) is 9.97. The van der Waals surface area contributed by atoms with Crippen LogP contribution >= 0.6 is 11.3 Å². The Morgan fingerprint density at radius 2 is 2.00 bits per heavy atom. The summed E-state index contributed by atoms with van der Waals surface area (Å²) in [6, 6.07) is 1.20. The fourth-order valence-electron chi connectivity index (χ4n) is 1.71. The van der Waals surface area contributed by atoms with Gasteiger partial charge in [-0.15, -0.1) is 11.3 Å². The van der Waals surface area contributed by atoms with Gasteiger partial charge >= 0.3 is 12.0 Å². The fourth-order valence-corrected chi connectivity index (χ4v) is 2.67. The van der Waals surface area contributed by atoms with E-state index in [2.05, 4.69) is 17.6 Å². The lowest BCUT2D eigenvalue weighted by Gasteiger charge is -2.05. The van der Waals surface area contributed by atoms with Crippen molar-refractivity contribution in [2.45, 2.75) is 33.6 Å². The SMILES string of the molecule is CCCc1cc(C(=O)OCC(=O)NC(=O)NCC)sc1C. The number of aryl methyl sites for hydroxylation is 2. The van der Waals surface area contributed by atoms with Crippen LogP contribution in [0.4, 0.5) is 4.79 Å². The maximum absolute atomic E-state index is 11.8. The van der Waals surface area contributed by atoms with E-state index >= 15 is 0 Å². The first-order valence-corrected chi connectivity index (χ1v) is 7.63. The van der Waals surface area contributed by atoms with E-state index in [-0.39, 0.29) is 0 Å². The number of carbonyl (C=O) groups is 3. The second kappa shape index (κ2) is 8.41. The van der Waals surface area contributed by atoms with E-state index in [1.54, 1.807) is 13.0 Å². The van der Waals surface area contributed by atoms with Gasteiger partial charge in [-0.05, 0) is 31.9 Å². The number of carbonyl (C=O) groups excluding carboxylic acids is 3. The lowest BCUT2D eigenvalue weighted by atomic mass is 10.1. The van der Waals surface area contributed by atoms with Gasteiger partial charge in [0.25, 0.3) is 5.91 Å². The van der Waals surface area contributed by atoms with Crippen LogP contribution in [0.2, 0.25) is 0 Å². The topological polar surface area (TPSA) is 84.5 Å². The number of imide groups is 1. The van der Waals surface area contributed by atoms with Gasteiger partial charge in [0.15, 0.2) is 6.61 Å². The van der Waals surface area contributed by atoms with Gasteiger partial charge in [0, 0.05) is 11.4 Å². The molecule has 1 aromatic heterocycles. The van der Waals surface area contributed by atoms with Crippen molar-refractivity contribution < 1.29 is 19.1 Å². The van der Waals surface area contributed by atoms with E-state index < -0.39 is 24.5 Å². The molecule has 0 radical (unpaired) electrons. The van der Waals surface area contributed by atoms with Crippen LogP contribution in [0.25, 0.3) is 0 Å². The quantitative estimate of drug-likeness (QED) is 0.787. The van der Waals surface area contributed by atoms with Crippen LogP contribution in [0, 0.1) is 6.92 Å². The number of urea groups is 1. The normalized spacial score (nSPS) is 10.0. The number of amides is 3. The molecule has 3 amide bonds. The lowest BCUT2D eigenvalue weighted by Crippen LogP contribution is -2.41. The van der Waals surface area contributed by atoms with Gasteiger partial charge in [-0.1, -0.05) is 13.3 Å². The number of rotatable bonds is 6. The lowest BCUT2D eigenvalue weighted by molar-refractivity contribution is -0.123. The highest BCUT2D eigenvalue weighted by Gasteiger charge is 2.15. The van der Waals surface area contributed by atoms with Crippen LogP contribution in [0.3, 0.4) is 0 Å². The minimum Gasteiger partial charge on any atom is -0.451 e. The van der Waals surface area contributed by atoms with Gasteiger partial charge < -0.3 is 10.1 Å². The summed E-state index contributed by atoms with van der Waals surface area (Å²) in [7, 11) is 0. The molecule has 2 N–H and O–H groups in total. The molecule has 0 fully saturated rings. The molecular formula is C14H20N2O4S. The van der Waals surface area contributed by atoms with Crippen molar-refractivity contribution >= 4 is 29.2 Å². The number of hydrogen-bond donors (Lipinski definition) is 2. The molecule has 1 heterocycles. The van der Waals surface area contributed by atoms with Crippen LogP contribution in [-0.4, -0.2) is 31.1 Å². The van der Waals surface area contributed by atoms with Gasteiger partial charge in [0.1, 0.15) is 4.88 Å². The third-order valence-electron chi connectivity index (χ3n) is 2.67. The van der Waals surface area contributed by atoms with Gasteiger partial charge in [-0.2, -0.15) is 0 Å². The van der Waals surface area contributed by atoms with E-state index in [4.69, 9.17) is 4.74 Å². The Labute approximate surface area is 127 Å². The summed E-state index contributed by atoms with van der Waals surface area (Å²) in [5.41, 5.74) is 1.13. The molecule has 0 saturated carbocycles. The highest BCUT2D eigenvalue weighted by Crippen LogP contribution is 2.23. The van der Waals surface area contributed by atoms with Crippen LogP contribution in [0.5, 0.6) is 0 Å². The largest absolute Gasteiger partial charge is 0.451 e. The van der Waals surface area contributed by atoms with Gasteiger partial charge in [0.2, 0.25) is 0 Å². The Morgan fingerprint density at radius 3 is 2.62 bits per heavy atom. The molecule has 116 valence electrons. The molecule has 0 aliphatic rings. The van der Waals surface area contributed by atoms with Crippen LogP contribution in [-0.2, 0) is 16.0 Å². The molecule has 0 unspecified atom stereocenters. The Morgan fingerprint density at radius 1 is 1.29 bits per heavy atom. The van der Waals surface area contributed by atoms with E-state index in [1.807, 2.05) is 6.92 Å². The van der Waals surface area contributed by atoms with Gasteiger partial charge in [0.05, 0.1) is 0 Å². The fraction of sp³-hybridized carbons (Fsp3) is 0.500. The summed E-state index contributed by atoms with van der Waals surface area (Å²) >= 11 is 1.35. The molecular weight excluding hydrogens is 292 g/mol. The average Bonchev–Trinajstić information content (AvgIpc) is 2.78. The molecule has 0 bridgehead atoms. The zero-order chi connectivity index (χ0) is 15.8. The zero-order valence-corrected chi connectivity index (χ0v) is 13.3. The van der Waals surface area contributed by atoms with E-state index in [9.17, 15) is 14.4 Å². The Hall–Kier alpha value is -1.89. The van der Waals surface area contributed by atoms with Crippen LogP contribution in [0.1, 0.15) is 40.4 Å². The second-order valence-electron chi connectivity index (χ2n) is 4.43. The van der Waals surface area contributed by atoms with E-state index in [1.165, 1.54) is 11.3 Å².